The number of nitrogens with zero attached hydrogens (tertiary/aromatic N) is 1. The van der Waals surface area contributed by atoms with Crippen molar-refractivity contribution in [2.45, 2.75) is 25.7 Å². The Morgan fingerprint density at radius 1 is 1.50 bits per heavy atom. The van der Waals surface area contributed by atoms with E-state index in [0.717, 1.165) is 12.1 Å². The molecule has 86 valence electrons. The van der Waals surface area contributed by atoms with Gasteiger partial charge in [0.2, 0.25) is 0 Å². The molecule has 0 aromatic heterocycles. The third-order valence-electron chi connectivity index (χ3n) is 3.27. The van der Waals surface area contributed by atoms with Gasteiger partial charge in [-0.3, -0.25) is 4.79 Å². The van der Waals surface area contributed by atoms with Crippen molar-refractivity contribution in [2.75, 3.05) is 20.1 Å². The van der Waals surface area contributed by atoms with Crippen molar-refractivity contribution in [3.05, 3.63) is 35.4 Å². The lowest BCUT2D eigenvalue weighted by atomic mass is 9.95. The summed E-state index contributed by atoms with van der Waals surface area (Å²) in [6.07, 6.45) is 1.80. The van der Waals surface area contributed by atoms with Gasteiger partial charge in [0.25, 0.3) is 0 Å². The Kier molecular flexibility index (Phi) is 3.39. The largest absolute Gasteiger partial charge is 0.306 e. The van der Waals surface area contributed by atoms with E-state index in [1.54, 1.807) is 6.92 Å². The lowest BCUT2D eigenvalue weighted by Crippen LogP contribution is -2.13. The maximum Gasteiger partial charge on any atom is 0.134 e. The number of likely N-dealkylation sites (tertiary alicyclic amines) is 1. The summed E-state index contributed by atoms with van der Waals surface area (Å²) in [4.78, 5) is 13.5. The molecule has 1 unspecified atom stereocenters. The van der Waals surface area contributed by atoms with Crippen LogP contribution >= 0.6 is 0 Å². The lowest BCUT2D eigenvalue weighted by molar-refractivity contribution is -0.116. The fraction of sp³-hybridized carbons (Fsp3) is 0.500. The Morgan fingerprint density at radius 2 is 2.31 bits per heavy atom. The first kappa shape index (κ1) is 11.3. The Balaban J connectivity index is 2.12. The highest BCUT2D eigenvalue weighted by Gasteiger charge is 2.20. The van der Waals surface area contributed by atoms with Gasteiger partial charge in [0.15, 0.2) is 0 Å². The van der Waals surface area contributed by atoms with Crippen LogP contribution in [0.5, 0.6) is 0 Å². The normalized spacial score (nSPS) is 21.2. The first-order valence-electron chi connectivity index (χ1n) is 5.92. The molecule has 0 spiro atoms. The minimum atomic E-state index is 0.237. The Bertz CT molecular complexity index is 386. The molecule has 1 fully saturated rings. The highest BCUT2D eigenvalue weighted by molar-refractivity contribution is 5.78. The van der Waals surface area contributed by atoms with Crippen LogP contribution in [0.1, 0.15) is 30.4 Å². The Labute approximate surface area is 97.3 Å². The predicted molar refractivity (Wildman–Crippen MR) is 65.7 cm³/mol. The van der Waals surface area contributed by atoms with Crippen molar-refractivity contribution in [1.82, 2.24) is 4.90 Å². The topological polar surface area (TPSA) is 20.3 Å². The molecule has 2 rings (SSSR count). The molecule has 1 heterocycles. The molecule has 0 saturated carbocycles. The fourth-order valence-electron chi connectivity index (χ4n) is 2.45. The summed E-state index contributed by atoms with van der Waals surface area (Å²) in [5.74, 6) is 0.887. The second kappa shape index (κ2) is 4.79. The Morgan fingerprint density at radius 3 is 2.94 bits per heavy atom. The zero-order chi connectivity index (χ0) is 11.5. The summed E-state index contributed by atoms with van der Waals surface area (Å²) in [6.45, 7) is 3.97. The van der Waals surface area contributed by atoms with Crippen LogP contribution in [0, 0.1) is 0 Å². The average Bonchev–Trinajstić information content (AvgIpc) is 2.64. The van der Waals surface area contributed by atoms with Gasteiger partial charge in [0.05, 0.1) is 0 Å². The zero-order valence-electron chi connectivity index (χ0n) is 10.1. The van der Waals surface area contributed by atoms with Crippen molar-refractivity contribution in [2.24, 2.45) is 0 Å². The predicted octanol–water partition coefficient (Wildman–Crippen LogP) is 2.24. The van der Waals surface area contributed by atoms with Crippen LogP contribution < -0.4 is 0 Å². The van der Waals surface area contributed by atoms with Gasteiger partial charge in [-0.15, -0.1) is 0 Å². The van der Waals surface area contributed by atoms with Gasteiger partial charge in [0.1, 0.15) is 5.78 Å². The third kappa shape index (κ3) is 2.70. The summed E-state index contributed by atoms with van der Waals surface area (Å²) in [6, 6.07) is 8.51. The molecule has 2 heteroatoms. The van der Waals surface area contributed by atoms with E-state index in [2.05, 4.69) is 30.1 Å². The third-order valence-corrected chi connectivity index (χ3v) is 3.27. The van der Waals surface area contributed by atoms with Crippen LogP contribution in [-0.4, -0.2) is 30.8 Å². The molecule has 1 aliphatic rings. The van der Waals surface area contributed by atoms with Crippen LogP contribution in [0.25, 0.3) is 0 Å². The van der Waals surface area contributed by atoms with Gasteiger partial charge in [0, 0.05) is 13.0 Å². The second-order valence-corrected chi connectivity index (χ2v) is 4.87. The molecule has 1 aromatic carbocycles. The maximum absolute atomic E-state index is 11.1. The number of ketones is 1. The van der Waals surface area contributed by atoms with E-state index in [-0.39, 0.29) is 5.78 Å². The van der Waals surface area contributed by atoms with Crippen molar-refractivity contribution in [3.8, 4) is 0 Å². The van der Waals surface area contributed by atoms with Gasteiger partial charge in [-0.1, -0.05) is 24.3 Å². The highest BCUT2D eigenvalue weighted by Crippen LogP contribution is 2.26. The molecule has 0 radical (unpaired) electrons. The van der Waals surface area contributed by atoms with Crippen molar-refractivity contribution in [1.29, 1.82) is 0 Å². The quantitative estimate of drug-likeness (QED) is 0.774. The lowest BCUT2D eigenvalue weighted by Gasteiger charge is -2.11. The van der Waals surface area contributed by atoms with Gasteiger partial charge in [-0.25, -0.2) is 0 Å². The molecule has 0 aliphatic carbocycles. The minimum absolute atomic E-state index is 0.237. The molecule has 2 nitrogen and oxygen atoms in total. The van der Waals surface area contributed by atoms with Crippen LogP contribution in [0.2, 0.25) is 0 Å². The van der Waals surface area contributed by atoms with Crippen molar-refractivity contribution in [3.63, 3.8) is 0 Å². The van der Waals surface area contributed by atoms with E-state index in [9.17, 15) is 4.79 Å². The van der Waals surface area contributed by atoms with Crippen LogP contribution in [0.15, 0.2) is 24.3 Å². The molecular weight excluding hydrogens is 198 g/mol. The summed E-state index contributed by atoms with van der Waals surface area (Å²) in [5, 5.41) is 0. The van der Waals surface area contributed by atoms with Crippen LogP contribution in [0.3, 0.4) is 0 Å². The molecule has 1 atom stereocenters. The van der Waals surface area contributed by atoms with E-state index < -0.39 is 0 Å². The van der Waals surface area contributed by atoms with Crippen molar-refractivity contribution >= 4 is 5.78 Å². The summed E-state index contributed by atoms with van der Waals surface area (Å²) in [7, 11) is 2.17. The van der Waals surface area contributed by atoms with Crippen LogP contribution in [0.4, 0.5) is 0 Å². The fourth-order valence-corrected chi connectivity index (χ4v) is 2.45. The SMILES string of the molecule is CC(=O)Cc1cccc(C2CCN(C)C2)c1. The maximum atomic E-state index is 11.1. The highest BCUT2D eigenvalue weighted by atomic mass is 16.1. The van der Waals surface area contributed by atoms with E-state index in [1.165, 1.54) is 18.5 Å². The molecule has 1 aromatic rings. The second-order valence-electron chi connectivity index (χ2n) is 4.87. The van der Waals surface area contributed by atoms with E-state index >= 15 is 0 Å². The molecule has 0 N–H and O–H groups in total. The number of hydrogen-bond acceptors (Lipinski definition) is 2. The smallest absolute Gasteiger partial charge is 0.134 e. The summed E-state index contributed by atoms with van der Waals surface area (Å²) >= 11 is 0. The molecule has 0 bridgehead atoms. The molecular formula is C14H19NO. The van der Waals surface area contributed by atoms with E-state index in [0.29, 0.717) is 12.3 Å². The number of hydrogen-bond donors (Lipinski definition) is 0. The van der Waals surface area contributed by atoms with Gasteiger partial charge >= 0.3 is 0 Å². The number of carbonyl (C=O) groups is 1. The van der Waals surface area contributed by atoms with Gasteiger partial charge in [-0.05, 0) is 44.0 Å². The minimum Gasteiger partial charge on any atom is -0.306 e. The summed E-state index contributed by atoms with van der Waals surface area (Å²) in [5.41, 5.74) is 2.54. The first-order chi connectivity index (χ1) is 7.65. The molecule has 1 aliphatic heterocycles. The standard InChI is InChI=1S/C14H19NO/c1-11(16)8-12-4-3-5-13(9-12)14-6-7-15(2)10-14/h3-5,9,14H,6-8,10H2,1-2H3. The first-order valence-corrected chi connectivity index (χ1v) is 5.92. The number of carbonyl (C=O) groups excluding carboxylic acids is 1. The average molecular weight is 217 g/mol. The number of Topliss-reactive ketones (excluding diaryl/α,β-unsaturated/α-hetero) is 1. The molecule has 16 heavy (non-hydrogen) atoms. The van der Waals surface area contributed by atoms with Crippen LogP contribution in [-0.2, 0) is 11.2 Å². The Hall–Kier alpha value is -1.15. The number of likely N-dealkylation sites (N-methyl/N-ethyl adjacent to an activating group) is 1. The molecule has 1 saturated heterocycles. The molecule has 0 amide bonds. The van der Waals surface area contributed by atoms with Gasteiger partial charge in [-0.2, -0.15) is 0 Å². The number of rotatable bonds is 3. The zero-order valence-corrected chi connectivity index (χ0v) is 10.1. The summed E-state index contributed by atoms with van der Waals surface area (Å²) < 4.78 is 0. The monoisotopic (exact) mass is 217 g/mol. The van der Waals surface area contributed by atoms with Gasteiger partial charge < -0.3 is 4.90 Å². The number of benzene rings is 1. The van der Waals surface area contributed by atoms with Crippen molar-refractivity contribution < 1.29 is 4.79 Å². The van der Waals surface area contributed by atoms with E-state index in [4.69, 9.17) is 0 Å². The van der Waals surface area contributed by atoms with E-state index in [1.807, 2.05) is 6.07 Å².